The van der Waals surface area contributed by atoms with Crippen molar-refractivity contribution in [2.24, 2.45) is 0 Å². The lowest BCUT2D eigenvalue weighted by Crippen LogP contribution is -2.40. The lowest BCUT2D eigenvalue weighted by molar-refractivity contribution is -0.171. The quantitative estimate of drug-likeness (QED) is 0.629. The molecule has 4 nitrogen and oxygen atoms in total. The molecule has 0 radical (unpaired) electrons. The van der Waals surface area contributed by atoms with E-state index in [0.29, 0.717) is 0 Å². The Morgan fingerprint density at radius 3 is 2.69 bits per heavy atom. The molecule has 1 aliphatic heterocycles. The zero-order valence-corrected chi connectivity index (χ0v) is 7.51. The number of nitrogens with one attached hydrogen (secondary N) is 1. The van der Waals surface area contributed by atoms with Gasteiger partial charge in [0.15, 0.2) is 0 Å². The van der Waals surface area contributed by atoms with Gasteiger partial charge < -0.3 is 0 Å². The molecule has 0 aromatic carbocycles. The Labute approximate surface area is 74.8 Å². The number of likely N-dealkylation sites (N-methyl/N-ethyl adjacent to an activating group) is 1. The smallest absolute Gasteiger partial charge is 0.263 e. The van der Waals surface area contributed by atoms with Gasteiger partial charge in [-0.05, 0) is 0 Å². The molecule has 0 saturated carbocycles. The molecule has 6 heteroatoms. The predicted molar refractivity (Wildman–Crippen MR) is 41.1 cm³/mol. The molecule has 0 aliphatic carbocycles. The number of carbonyl (C=O) groups is 1. The van der Waals surface area contributed by atoms with E-state index in [1.54, 1.807) is 0 Å². The SMILES string of the molecule is CON(C)C(=O)C1CC(F)(F)CN1. The molecule has 1 rings (SSSR count). The first-order valence-corrected chi connectivity index (χ1v) is 3.89. The van der Waals surface area contributed by atoms with E-state index in [2.05, 4.69) is 10.2 Å². The van der Waals surface area contributed by atoms with Crippen molar-refractivity contribution in [2.45, 2.75) is 18.4 Å². The molecule has 1 heterocycles. The number of alkyl halides is 2. The molecule has 1 aliphatic rings. The summed E-state index contributed by atoms with van der Waals surface area (Å²) in [6, 6.07) is -0.833. The number of carbonyl (C=O) groups excluding carboxylic acids is 1. The van der Waals surface area contributed by atoms with Gasteiger partial charge in [0.2, 0.25) is 0 Å². The molecular weight excluding hydrogens is 182 g/mol. The number of rotatable bonds is 2. The van der Waals surface area contributed by atoms with Crippen LogP contribution in [0.1, 0.15) is 6.42 Å². The van der Waals surface area contributed by atoms with Crippen LogP contribution in [-0.2, 0) is 9.63 Å². The third-order valence-electron chi connectivity index (χ3n) is 1.99. The Morgan fingerprint density at radius 1 is 1.69 bits per heavy atom. The largest absolute Gasteiger partial charge is 0.300 e. The summed E-state index contributed by atoms with van der Waals surface area (Å²) in [5.74, 6) is -3.26. The number of nitrogens with zero attached hydrogens (tertiary/aromatic N) is 1. The highest BCUT2D eigenvalue weighted by Gasteiger charge is 2.43. The highest BCUT2D eigenvalue weighted by atomic mass is 19.3. The Hall–Kier alpha value is -0.750. The molecule has 1 saturated heterocycles. The van der Waals surface area contributed by atoms with Gasteiger partial charge in [0, 0.05) is 13.5 Å². The van der Waals surface area contributed by atoms with Crippen molar-refractivity contribution in [3.05, 3.63) is 0 Å². The van der Waals surface area contributed by atoms with Crippen LogP contribution in [0, 0.1) is 0 Å². The van der Waals surface area contributed by atoms with Gasteiger partial charge in [-0.15, -0.1) is 0 Å². The fraction of sp³-hybridized carbons (Fsp3) is 0.857. The highest BCUT2D eigenvalue weighted by Crippen LogP contribution is 2.25. The maximum Gasteiger partial charge on any atom is 0.263 e. The molecule has 1 atom stereocenters. The first-order valence-electron chi connectivity index (χ1n) is 3.89. The van der Waals surface area contributed by atoms with Crippen LogP contribution in [0.3, 0.4) is 0 Å². The average Bonchev–Trinajstić information content (AvgIpc) is 2.43. The summed E-state index contributed by atoms with van der Waals surface area (Å²) in [4.78, 5) is 15.9. The minimum atomic E-state index is -2.78. The number of hydrogen-bond donors (Lipinski definition) is 1. The molecule has 0 spiro atoms. The van der Waals surface area contributed by atoms with Crippen LogP contribution in [0.25, 0.3) is 0 Å². The second-order valence-electron chi connectivity index (χ2n) is 3.01. The van der Waals surface area contributed by atoms with Gasteiger partial charge in [0.1, 0.15) is 0 Å². The van der Waals surface area contributed by atoms with Crippen molar-refractivity contribution in [1.29, 1.82) is 0 Å². The summed E-state index contributed by atoms with van der Waals surface area (Å²) in [7, 11) is 2.70. The van der Waals surface area contributed by atoms with E-state index < -0.39 is 30.8 Å². The Bertz CT molecular complexity index is 211. The number of hydroxylamine groups is 2. The summed E-state index contributed by atoms with van der Waals surface area (Å²) in [5, 5.41) is 3.38. The minimum Gasteiger partial charge on any atom is -0.300 e. The summed E-state index contributed by atoms with van der Waals surface area (Å²) >= 11 is 0. The van der Waals surface area contributed by atoms with E-state index in [9.17, 15) is 13.6 Å². The van der Waals surface area contributed by atoms with E-state index >= 15 is 0 Å². The second kappa shape index (κ2) is 3.55. The normalized spacial score (nSPS) is 26.0. The lowest BCUT2D eigenvalue weighted by atomic mass is 10.2. The average molecular weight is 194 g/mol. The predicted octanol–water partition coefficient (Wildman–Crippen LogP) is 0.00340. The van der Waals surface area contributed by atoms with E-state index in [0.717, 1.165) is 5.06 Å². The van der Waals surface area contributed by atoms with E-state index in [4.69, 9.17) is 0 Å². The zero-order valence-electron chi connectivity index (χ0n) is 7.51. The third-order valence-corrected chi connectivity index (χ3v) is 1.99. The number of amides is 1. The van der Waals surface area contributed by atoms with Crippen molar-refractivity contribution >= 4 is 5.91 Å². The molecular formula is C7H12F2N2O2. The van der Waals surface area contributed by atoms with Gasteiger partial charge in [-0.3, -0.25) is 14.9 Å². The molecule has 13 heavy (non-hydrogen) atoms. The van der Waals surface area contributed by atoms with Crippen LogP contribution >= 0.6 is 0 Å². The summed E-state index contributed by atoms with van der Waals surface area (Å²) in [6.45, 7) is -0.443. The van der Waals surface area contributed by atoms with Crippen molar-refractivity contribution in [3.8, 4) is 0 Å². The third kappa shape index (κ3) is 2.35. The van der Waals surface area contributed by atoms with Crippen LogP contribution in [0.4, 0.5) is 8.78 Å². The fourth-order valence-corrected chi connectivity index (χ4v) is 1.20. The Balaban J connectivity index is 2.51. The van der Waals surface area contributed by atoms with Crippen molar-refractivity contribution in [2.75, 3.05) is 20.7 Å². The standard InChI is InChI=1S/C7H12F2N2O2/c1-11(13-2)6(12)5-3-7(8,9)4-10-5/h5,10H,3-4H2,1-2H3. The molecule has 76 valence electrons. The van der Waals surface area contributed by atoms with Crippen LogP contribution in [0.2, 0.25) is 0 Å². The second-order valence-corrected chi connectivity index (χ2v) is 3.01. The molecule has 1 amide bonds. The first kappa shape index (κ1) is 10.3. The molecule has 1 N–H and O–H groups in total. The van der Waals surface area contributed by atoms with Crippen molar-refractivity contribution in [1.82, 2.24) is 10.4 Å². The molecule has 0 bridgehead atoms. The van der Waals surface area contributed by atoms with E-state index in [1.165, 1.54) is 14.2 Å². The number of hydrogen-bond acceptors (Lipinski definition) is 3. The first-order chi connectivity index (χ1) is 5.96. The summed E-state index contributed by atoms with van der Waals surface area (Å²) in [6.07, 6.45) is -0.459. The van der Waals surface area contributed by atoms with Gasteiger partial charge in [-0.1, -0.05) is 0 Å². The van der Waals surface area contributed by atoms with Gasteiger partial charge in [0.25, 0.3) is 11.8 Å². The van der Waals surface area contributed by atoms with Gasteiger partial charge in [0.05, 0.1) is 19.7 Å². The van der Waals surface area contributed by atoms with Crippen LogP contribution < -0.4 is 5.32 Å². The van der Waals surface area contributed by atoms with Gasteiger partial charge in [-0.2, -0.15) is 0 Å². The molecule has 1 fully saturated rings. The fourth-order valence-electron chi connectivity index (χ4n) is 1.20. The maximum absolute atomic E-state index is 12.6. The summed E-state index contributed by atoms with van der Waals surface area (Å²) in [5.41, 5.74) is 0. The minimum absolute atomic E-state index is 0.443. The van der Waals surface area contributed by atoms with Gasteiger partial charge in [-0.25, -0.2) is 13.8 Å². The van der Waals surface area contributed by atoms with Crippen LogP contribution in [-0.4, -0.2) is 43.6 Å². The Kier molecular flexibility index (Phi) is 2.82. The lowest BCUT2D eigenvalue weighted by Gasteiger charge is -2.17. The number of halogens is 2. The zero-order chi connectivity index (χ0) is 10.1. The van der Waals surface area contributed by atoms with E-state index in [1.807, 2.05) is 0 Å². The Morgan fingerprint density at radius 2 is 2.31 bits per heavy atom. The molecule has 1 unspecified atom stereocenters. The van der Waals surface area contributed by atoms with Crippen molar-refractivity contribution < 1.29 is 18.4 Å². The summed E-state index contributed by atoms with van der Waals surface area (Å²) < 4.78 is 25.3. The van der Waals surface area contributed by atoms with Crippen LogP contribution in [0.15, 0.2) is 0 Å². The maximum atomic E-state index is 12.6. The van der Waals surface area contributed by atoms with E-state index in [-0.39, 0.29) is 0 Å². The monoisotopic (exact) mass is 194 g/mol. The topological polar surface area (TPSA) is 41.6 Å². The van der Waals surface area contributed by atoms with Crippen molar-refractivity contribution in [3.63, 3.8) is 0 Å². The molecule has 0 aromatic heterocycles. The van der Waals surface area contributed by atoms with Gasteiger partial charge >= 0.3 is 0 Å². The highest BCUT2D eigenvalue weighted by molar-refractivity contribution is 5.81. The molecule has 0 aromatic rings. The van der Waals surface area contributed by atoms with Crippen LogP contribution in [0.5, 0.6) is 0 Å².